The van der Waals surface area contributed by atoms with Gasteiger partial charge >= 0.3 is 0 Å². The zero-order valence-corrected chi connectivity index (χ0v) is 13.0. The van der Waals surface area contributed by atoms with Crippen LogP contribution in [0.25, 0.3) is 10.9 Å². The maximum atomic E-state index is 12.9. The number of hydrogen-bond acceptors (Lipinski definition) is 2. The Balaban J connectivity index is 1.38. The average Bonchev–Trinajstić information content (AvgIpc) is 3.21. The highest BCUT2D eigenvalue weighted by Gasteiger charge is 2.24. The third-order valence-electron chi connectivity index (χ3n) is 4.68. The van der Waals surface area contributed by atoms with Crippen molar-refractivity contribution in [3.63, 3.8) is 0 Å². The van der Waals surface area contributed by atoms with Crippen molar-refractivity contribution in [3.05, 3.63) is 66.1 Å². The summed E-state index contributed by atoms with van der Waals surface area (Å²) in [5, 5.41) is 5.91. The largest absolute Gasteiger partial charge is 0.301 e. The van der Waals surface area contributed by atoms with Crippen molar-refractivity contribution in [1.29, 1.82) is 0 Å². The minimum Gasteiger partial charge on any atom is -0.301 e. The van der Waals surface area contributed by atoms with Gasteiger partial charge in [0.25, 0.3) is 0 Å². The van der Waals surface area contributed by atoms with Crippen molar-refractivity contribution in [1.82, 2.24) is 14.7 Å². The molecule has 2 heterocycles. The Labute approximate surface area is 135 Å². The fourth-order valence-electron chi connectivity index (χ4n) is 3.34. The maximum absolute atomic E-state index is 12.9. The molecule has 0 radical (unpaired) electrons. The van der Waals surface area contributed by atoms with E-state index in [1.54, 1.807) is 0 Å². The maximum Gasteiger partial charge on any atom is 0.123 e. The first-order chi connectivity index (χ1) is 11.3. The zero-order chi connectivity index (χ0) is 15.6. The van der Waals surface area contributed by atoms with Gasteiger partial charge in [0.2, 0.25) is 0 Å². The summed E-state index contributed by atoms with van der Waals surface area (Å²) >= 11 is 0. The van der Waals surface area contributed by atoms with Gasteiger partial charge in [-0.05, 0) is 36.6 Å². The highest BCUT2D eigenvalue weighted by atomic mass is 19.1. The lowest BCUT2D eigenvalue weighted by Gasteiger charge is -2.16. The molecule has 1 saturated heterocycles. The van der Waals surface area contributed by atoms with Crippen LogP contribution in [0.4, 0.5) is 4.39 Å². The standard InChI is InChI=1S/C19H20FN3/c20-17-7-5-15(6-8-17)9-11-22-12-10-18(14-22)23-13-16-3-1-2-4-19(16)21-23/h1-8,13,18H,9-12,14H2. The molecule has 23 heavy (non-hydrogen) atoms. The number of nitrogens with zero attached hydrogens (tertiary/aromatic N) is 3. The van der Waals surface area contributed by atoms with Gasteiger partial charge in [0.1, 0.15) is 5.82 Å². The second kappa shape index (κ2) is 6.13. The summed E-state index contributed by atoms with van der Waals surface area (Å²) in [5.74, 6) is -0.166. The minimum atomic E-state index is -0.166. The van der Waals surface area contributed by atoms with Gasteiger partial charge in [-0.2, -0.15) is 5.10 Å². The topological polar surface area (TPSA) is 21.1 Å². The van der Waals surface area contributed by atoms with Crippen LogP contribution in [0.5, 0.6) is 0 Å². The fourth-order valence-corrected chi connectivity index (χ4v) is 3.34. The van der Waals surface area contributed by atoms with Crippen LogP contribution in [0.15, 0.2) is 54.7 Å². The molecule has 1 aliphatic rings. The van der Waals surface area contributed by atoms with Crippen LogP contribution in [0, 0.1) is 5.82 Å². The smallest absolute Gasteiger partial charge is 0.123 e. The van der Waals surface area contributed by atoms with Gasteiger partial charge in [0.15, 0.2) is 0 Å². The quantitative estimate of drug-likeness (QED) is 0.733. The van der Waals surface area contributed by atoms with Gasteiger partial charge in [-0.3, -0.25) is 4.68 Å². The molecule has 0 spiro atoms. The first-order valence-corrected chi connectivity index (χ1v) is 8.19. The lowest BCUT2D eigenvalue weighted by atomic mass is 10.1. The number of fused-ring (bicyclic) bond motifs is 1. The molecule has 1 fully saturated rings. The number of aromatic nitrogens is 2. The van der Waals surface area contributed by atoms with Crippen molar-refractivity contribution >= 4 is 10.9 Å². The Hall–Kier alpha value is -2.20. The van der Waals surface area contributed by atoms with Crippen LogP contribution in [0.1, 0.15) is 18.0 Å². The molecule has 3 nitrogen and oxygen atoms in total. The second-order valence-electron chi connectivity index (χ2n) is 6.29. The monoisotopic (exact) mass is 309 g/mol. The van der Waals surface area contributed by atoms with Crippen molar-refractivity contribution in [2.75, 3.05) is 19.6 Å². The molecule has 118 valence electrons. The first-order valence-electron chi connectivity index (χ1n) is 8.19. The van der Waals surface area contributed by atoms with E-state index in [0.29, 0.717) is 6.04 Å². The van der Waals surface area contributed by atoms with Crippen LogP contribution in [0.3, 0.4) is 0 Å². The Morgan fingerprint density at radius 1 is 1.09 bits per heavy atom. The SMILES string of the molecule is Fc1ccc(CCN2CCC(n3cc4ccccc4n3)C2)cc1. The van der Waals surface area contributed by atoms with E-state index in [1.165, 1.54) is 23.1 Å². The predicted molar refractivity (Wildman–Crippen MR) is 89.9 cm³/mol. The fraction of sp³-hybridized carbons (Fsp3) is 0.316. The number of benzene rings is 2. The van der Waals surface area contributed by atoms with E-state index >= 15 is 0 Å². The lowest BCUT2D eigenvalue weighted by Crippen LogP contribution is -2.24. The summed E-state index contributed by atoms with van der Waals surface area (Å²) in [5.41, 5.74) is 2.26. The van der Waals surface area contributed by atoms with Gasteiger partial charge < -0.3 is 4.90 Å². The second-order valence-corrected chi connectivity index (χ2v) is 6.29. The van der Waals surface area contributed by atoms with E-state index in [2.05, 4.69) is 34.0 Å². The Kier molecular flexibility index (Phi) is 3.83. The molecule has 4 rings (SSSR count). The molecule has 0 bridgehead atoms. The number of halogens is 1. The highest BCUT2D eigenvalue weighted by molar-refractivity contribution is 5.77. The molecule has 0 amide bonds. The Bertz CT molecular complexity index is 761. The van der Waals surface area contributed by atoms with Gasteiger partial charge in [-0.15, -0.1) is 0 Å². The Morgan fingerprint density at radius 3 is 2.74 bits per heavy atom. The van der Waals surface area contributed by atoms with Gasteiger partial charge in [0.05, 0.1) is 11.6 Å². The molecular formula is C19H20FN3. The van der Waals surface area contributed by atoms with Crippen LogP contribution in [0.2, 0.25) is 0 Å². The molecule has 2 aromatic carbocycles. The third kappa shape index (κ3) is 3.13. The van der Waals surface area contributed by atoms with Gasteiger partial charge in [-0.25, -0.2) is 4.39 Å². The molecule has 1 aromatic heterocycles. The zero-order valence-electron chi connectivity index (χ0n) is 13.0. The van der Waals surface area contributed by atoms with Gasteiger partial charge in [0, 0.05) is 31.2 Å². The number of hydrogen-bond donors (Lipinski definition) is 0. The van der Waals surface area contributed by atoms with E-state index in [0.717, 1.165) is 38.0 Å². The molecule has 0 saturated carbocycles. The van der Waals surface area contributed by atoms with Gasteiger partial charge in [-0.1, -0.05) is 30.3 Å². The first kappa shape index (κ1) is 14.4. The molecule has 0 aliphatic carbocycles. The summed E-state index contributed by atoms with van der Waals surface area (Å²) in [6, 6.07) is 15.5. The number of likely N-dealkylation sites (tertiary alicyclic amines) is 1. The predicted octanol–water partition coefficient (Wildman–Crippen LogP) is 3.66. The lowest BCUT2D eigenvalue weighted by molar-refractivity contribution is 0.323. The van der Waals surface area contributed by atoms with E-state index in [9.17, 15) is 4.39 Å². The average molecular weight is 309 g/mol. The van der Waals surface area contributed by atoms with E-state index in [4.69, 9.17) is 5.10 Å². The van der Waals surface area contributed by atoms with Crippen molar-refractivity contribution < 1.29 is 4.39 Å². The number of rotatable bonds is 4. The highest BCUT2D eigenvalue weighted by Crippen LogP contribution is 2.23. The molecule has 1 aliphatic heterocycles. The van der Waals surface area contributed by atoms with Crippen molar-refractivity contribution in [3.8, 4) is 0 Å². The molecular weight excluding hydrogens is 289 g/mol. The van der Waals surface area contributed by atoms with Crippen LogP contribution in [-0.2, 0) is 6.42 Å². The minimum absolute atomic E-state index is 0.166. The van der Waals surface area contributed by atoms with E-state index < -0.39 is 0 Å². The summed E-state index contributed by atoms with van der Waals surface area (Å²) in [6.07, 6.45) is 4.26. The van der Waals surface area contributed by atoms with Crippen LogP contribution in [-0.4, -0.2) is 34.3 Å². The summed E-state index contributed by atoms with van der Waals surface area (Å²) in [4.78, 5) is 2.47. The van der Waals surface area contributed by atoms with Crippen molar-refractivity contribution in [2.24, 2.45) is 0 Å². The normalized spacial score (nSPS) is 18.7. The van der Waals surface area contributed by atoms with Crippen molar-refractivity contribution in [2.45, 2.75) is 18.9 Å². The summed E-state index contributed by atoms with van der Waals surface area (Å²) in [7, 11) is 0. The summed E-state index contributed by atoms with van der Waals surface area (Å²) in [6.45, 7) is 3.15. The molecule has 1 unspecified atom stereocenters. The Morgan fingerprint density at radius 2 is 1.91 bits per heavy atom. The summed E-state index contributed by atoms with van der Waals surface area (Å²) < 4.78 is 15.1. The third-order valence-corrected chi connectivity index (χ3v) is 4.68. The molecule has 4 heteroatoms. The molecule has 0 N–H and O–H groups in total. The van der Waals surface area contributed by atoms with Crippen LogP contribution < -0.4 is 0 Å². The molecule has 3 aromatic rings. The van der Waals surface area contributed by atoms with E-state index in [1.807, 2.05) is 18.2 Å². The molecule has 1 atom stereocenters. The van der Waals surface area contributed by atoms with E-state index in [-0.39, 0.29) is 5.82 Å². The van der Waals surface area contributed by atoms with Crippen LogP contribution >= 0.6 is 0 Å².